The fourth-order valence-corrected chi connectivity index (χ4v) is 4.01. The molecule has 1 aliphatic carbocycles. The zero-order valence-electron chi connectivity index (χ0n) is 14.7. The van der Waals surface area contributed by atoms with Crippen LogP contribution in [-0.2, 0) is 0 Å². The van der Waals surface area contributed by atoms with Crippen molar-refractivity contribution in [2.75, 3.05) is 18.0 Å². The van der Waals surface area contributed by atoms with E-state index in [2.05, 4.69) is 26.3 Å². The lowest BCUT2D eigenvalue weighted by atomic mass is 10.1. The van der Waals surface area contributed by atoms with Crippen molar-refractivity contribution in [3.63, 3.8) is 0 Å². The first-order valence-electron chi connectivity index (χ1n) is 9.64. The topological polar surface area (TPSA) is 58.1 Å². The Morgan fingerprint density at radius 3 is 2.44 bits per heavy atom. The molecule has 132 valence electrons. The van der Waals surface area contributed by atoms with E-state index in [1.165, 1.54) is 38.5 Å². The van der Waals surface area contributed by atoms with Crippen molar-refractivity contribution < 1.29 is 4.79 Å². The van der Waals surface area contributed by atoms with Gasteiger partial charge in [-0.05, 0) is 37.8 Å². The standard InChI is InChI=1S/C20H26N4O/c25-20(21-15-9-3-1-2-4-10-15)18-22-17-12-6-5-11-16(17)19(23-18)24-13-7-8-14-24/h5-6,11-12,15H,1-4,7-10,13-14H2,(H,21,25). The Bertz CT molecular complexity index is 746. The predicted molar refractivity (Wildman–Crippen MR) is 99.9 cm³/mol. The van der Waals surface area contributed by atoms with E-state index in [0.29, 0.717) is 5.82 Å². The maximum atomic E-state index is 12.8. The quantitative estimate of drug-likeness (QED) is 0.867. The molecule has 1 aliphatic heterocycles. The van der Waals surface area contributed by atoms with E-state index < -0.39 is 0 Å². The Balaban J connectivity index is 1.63. The van der Waals surface area contributed by atoms with E-state index in [-0.39, 0.29) is 11.9 Å². The van der Waals surface area contributed by atoms with E-state index in [9.17, 15) is 4.79 Å². The Hall–Kier alpha value is -2.17. The van der Waals surface area contributed by atoms with Gasteiger partial charge in [-0.15, -0.1) is 0 Å². The molecule has 2 heterocycles. The maximum Gasteiger partial charge on any atom is 0.289 e. The van der Waals surface area contributed by atoms with Crippen molar-refractivity contribution in [2.45, 2.75) is 57.4 Å². The summed E-state index contributed by atoms with van der Waals surface area (Å²) in [5, 5.41) is 4.21. The molecule has 5 heteroatoms. The van der Waals surface area contributed by atoms with Crippen LogP contribution in [0.1, 0.15) is 62.0 Å². The van der Waals surface area contributed by atoms with Crippen LogP contribution < -0.4 is 10.2 Å². The van der Waals surface area contributed by atoms with E-state index in [0.717, 1.165) is 42.7 Å². The van der Waals surface area contributed by atoms with Crippen LogP contribution >= 0.6 is 0 Å². The van der Waals surface area contributed by atoms with E-state index in [1.807, 2.05) is 18.2 Å². The molecule has 1 saturated heterocycles. The summed E-state index contributed by atoms with van der Waals surface area (Å²) in [4.78, 5) is 24.3. The van der Waals surface area contributed by atoms with Gasteiger partial charge >= 0.3 is 0 Å². The molecule has 2 aliphatic rings. The summed E-state index contributed by atoms with van der Waals surface area (Å²) in [5.41, 5.74) is 0.852. The third kappa shape index (κ3) is 3.60. The van der Waals surface area contributed by atoms with Crippen molar-refractivity contribution >= 4 is 22.6 Å². The van der Waals surface area contributed by atoms with Gasteiger partial charge in [0.25, 0.3) is 5.91 Å². The number of nitrogens with one attached hydrogen (secondary N) is 1. The average Bonchev–Trinajstić information content (AvgIpc) is 3.06. The normalized spacial score (nSPS) is 19.1. The highest BCUT2D eigenvalue weighted by Crippen LogP contribution is 2.27. The highest BCUT2D eigenvalue weighted by molar-refractivity contribution is 5.96. The molecule has 1 aromatic carbocycles. The maximum absolute atomic E-state index is 12.8. The van der Waals surface area contributed by atoms with Crippen molar-refractivity contribution in [3.05, 3.63) is 30.1 Å². The van der Waals surface area contributed by atoms with Crippen LogP contribution in [0.25, 0.3) is 10.9 Å². The van der Waals surface area contributed by atoms with Crippen molar-refractivity contribution in [2.24, 2.45) is 0 Å². The summed E-state index contributed by atoms with van der Waals surface area (Å²) in [6.07, 6.45) is 9.45. The predicted octanol–water partition coefficient (Wildman–Crippen LogP) is 3.68. The summed E-state index contributed by atoms with van der Waals surface area (Å²) in [7, 11) is 0. The number of anilines is 1. The van der Waals surface area contributed by atoms with Gasteiger partial charge in [0.05, 0.1) is 5.52 Å². The molecular formula is C20H26N4O. The fraction of sp³-hybridized carbons (Fsp3) is 0.550. The van der Waals surface area contributed by atoms with Gasteiger partial charge in [0.15, 0.2) is 0 Å². The Labute approximate surface area is 148 Å². The van der Waals surface area contributed by atoms with Crippen LogP contribution in [-0.4, -0.2) is 35.0 Å². The van der Waals surface area contributed by atoms with Crippen LogP contribution in [0.5, 0.6) is 0 Å². The van der Waals surface area contributed by atoms with Crippen LogP contribution in [0.2, 0.25) is 0 Å². The summed E-state index contributed by atoms with van der Waals surface area (Å²) in [5.74, 6) is 1.09. The number of hydrogen-bond donors (Lipinski definition) is 1. The van der Waals surface area contributed by atoms with E-state index in [1.54, 1.807) is 0 Å². The number of para-hydroxylation sites is 1. The van der Waals surface area contributed by atoms with Crippen LogP contribution in [0.15, 0.2) is 24.3 Å². The largest absolute Gasteiger partial charge is 0.356 e. The number of nitrogens with zero attached hydrogens (tertiary/aromatic N) is 3. The van der Waals surface area contributed by atoms with Gasteiger partial charge in [-0.3, -0.25) is 4.79 Å². The molecule has 1 aromatic heterocycles. The first-order chi connectivity index (χ1) is 12.3. The summed E-state index contributed by atoms with van der Waals surface area (Å²) in [6.45, 7) is 2.01. The highest BCUT2D eigenvalue weighted by Gasteiger charge is 2.22. The second-order valence-electron chi connectivity index (χ2n) is 7.24. The minimum atomic E-state index is -0.127. The van der Waals surface area contributed by atoms with Gasteiger partial charge in [0.2, 0.25) is 5.82 Å². The zero-order valence-corrected chi connectivity index (χ0v) is 14.7. The smallest absolute Gasteiger partial charge is 0.289 e. The monoisotopic (exact) mass is 338 g/mol. The molecule has 0 bridgehead atoms. The molecule has 0 unspecified atom stereocenters. The molecule has 2 aromatic rings. The number of aromatic nitrogens is 2. The minimum absolute atomic E-state index is 0.127. The average molecular weight is 338 g/mol. The number of carbonyl (C=O) groups excluding carboxylic acids is 1. The van der Waals surface area contributed by atoms with Gasteiger partial charge in [-0.1, -0.05) is 37.8 Å². The Morgan fingerprint density at radius 2 is 1.68 bits per heavy atom. The third-order valence-corrected chi connectivity index (χ3v) is 5.38. The lowest BCUT2D eigenvalue weighted by Gasteiger charge is -2.20. The van der Waals surface area contributed by atoms with E-state index >= 15 is 0 Å². The Morgan fingerprint density at radius 1 is 0.960 bits per heavy atom. The lowest BCUT2D eigenvalue weighted by Crippen LogP contribution is -2.35. The number of rotatable bonds is 3. The molecule has 0 spiro atoms. The minimum Gasteiger partial charge on any atom is -0.356 e. The number of hydrogen-bond acceptors (Lipinski definition) is 4. The molecule has 4 rings (SSSR count). The molecule has 0 atom stereocenters. The van der Waals surface area contributed by atoms with E-state index in [4.69, 9.17) is 0 Å². The van der Waals surface area contributed by atoms with Gasteiger partial charge in [-0.2, -0.15) is 0 Å². The van der Waals surface area contributed by atoms with Gasteiger partial charge in [0, 0.05) is 24.5 Å². The number of fused-ring (bicyclic) bond motifs is 1. The van der Waals surface area contributed by atoms with Gasteiger partial charge < -0.3 is 10.2 Å². The summed E-state index contributed by atoms with van der Waals surface area (Å²) >= 11 is 0. The number of benzene rings is 1. The number of carbonyl (C=O) groups is 1. The summed E-state index contributed by atoms with van der Waals surface area (Å²) < 4.78 is 0. The molecule has 1 saturated carbocycles. The molecule has 5 nitrogen and oxygen atoms in total. The van der Waals surface area contributed by atoms with Crippen LogP contribution in [0.4, 0.5) is 5.82 Å². The third-order valence-electron chi connectivity index (χ3n) is 5.38. The molecular weight excluding hydrogens is 312 g/mol. The second-order valence-corrected chi connectivity index (χ2v) is 7.24. The molecule has 1 N–H and O–H groups in total. The molecule has 25 heavy (non-hydrogen) atoms. The fourth-order valence-electron chi connectivity index (χ4n) is 4.01. The SMILES string of the molecule is O=C(NC1CCCCCC1)c1nc(N2CCCC2)c2ccccc2n1. The van der Waals surface area contributed by atoms with Gasteiger partial charge in [0.1, 0.15) is 5.82 Å². The van der Waals surface area contributed by atoms with Crippen molar-refractivity contribution in [3.8, 4) is 0 Å². The Kier molecular flexibility index (Phi) is 4.81. The highest BCUT2D eigenvalue weighted by atomic mass is 16.2. The second kappa shape index (κ2) is 7.38. The summed E-state index contributed by atoms with van der Waals surface area (Å²) in [6, 6.07) is 8.27. The van der Waals surface area contributed by atoms with Crippen LogP contribution in [0.3, 0.4) is 0 Å². The number of amides is 1. The first kappa shape index (κ1) is 16.3. The molecule has 0 radical (unpaired) electrons. The van der Waals surface area contributed by atoms with Crippen molar-refractivity contribution in [1.82, 2.24) is 15.3 Å². The lowest BCUT2D eigenvalue weighted by molar-refractivity contribution is 0.0923. The zero-order chi connectivity index (χ0) is 17.1. The van der Waals surface area contributed by atoms with Gasteiger partial charge in [-0.25, -0.2) is 9.97 Å². The molecule has 2 fully saturated rings. The van der Waals surface area contributed by atoms with Crippen molar-refractivity contribution in [1.29, 1.82) is 0 Å². The first-order valence-corrected chi connectivity index (χ1v) is 9.64. The molecule has 1 amide bonds. The van der Waals surface area contributed by atoms with Crippen LogP contribution in [0, 0.1) is 0 Å².